The van der Waals surface area contributed by atoms with Crippen molar-refractivity contribution < 1.29 is 61.6 Å². The third-order valence-electron chi connectivity index (χ3n) is 4.59. The van der Waals surface area contributed by atoms with Gasteiger partial charge in [-0.2, -0.15) is 9.35 Å². The Hall–Kier alpha value is -0.470. The van der Waals surface area contributed by atoms with E-state index in [-0.39, 0.29) is 55.1 Å². The van der Waals surface area contributed by atoms with E-state index < -0.39 is 34.4 Å². The third-order valence-corrected chi connectivity index (χ3v) is 4.93. The van der Waals surface area contributed by atoms with E-state index in [1.54, 1.807) is 0 Å². The van der Waals surface area contributed by atoms with Gasteiger partial charge in [-0.05, 0) is 32.2 Å². The van der Waals surface area contributed by atoms with E-state index in [9.17, 15) is 27.8 Å². The molecule has 3 rings (SSSR count). The second-order valence-electron chi connectivity index (χ2n) is 6.20. The molecule has 2 N–H and O–H groups in total. The zero-order chi connectivity index (χ0) is 17.5. The SMILES string of the molecule is O=C([C@@H]1CC[C@@H]2CN1C(=O)N2OS(=O)(=O)[O-])N(O)C[C@@H]1CCCN1.[Na+]. The van der Waals surface area contributed by atoms with Crippen molar-refractivity contribution in [3.05, 3.63) is 0 Å². The number of hydrogen-bond acceptors (Lipinski definition) is 8. The molecule has 3 aliphatic rings. The van der Waals surface area contributed by atoms with Crippen molar-refractivity contribution in [2.45, 2.75) is 43.8 Å². The normalized spacial score (nSPS) is 28.9. The Labute approximate surface area is 167 Å². The predicted molar refractivity (Wildman–Crippen MR) is 76.1 cm³/mol. The number of nitrogens with one attached hydrogen (secondary N) is 1. The van der Waals surface area contributed by atoms with E-state index >= 15 is 0 Å². The van der Waals surface area contributed by atoms with E-state index in [1.807, 2.05) is 0 Å². The first kappa shape index (κ1) is 20.8. The molecule has 11 nitrogen and oxygen atoms in total. The molecule has 0 aromatic heterocycles. The topological polar surface area (TPSA) is 143 Å². The molecule has 0 radical (unpaired) electrons. The van der Waals surface area contributed by atoms with E-state index in [0.717, 1.165) is 24.3 Å². The minimum atomic E-state index is -5.07. The maximum atomic E-state index is 12.4. The minimum Gasteiger partial charge on any atom is -0.724 e. The summed E-state index contributed by atoms with van der Waals surface area (Å²) in [6, 6.07) is -2.35. The molecule has 0 saturated carbocycles. The first-order chi connectivity index (χ1) is 11.3. The van der Waals surface area contributed by atoms with Crippen LogP contribution in [0, 0.1) is 0 Å². The van der Waals surface area contributed by atoms with Crippen LogP contribution >= 0.6 is 0 Å². The van der Waals surface area contributed by atoms with Crippen LogP contribution in [-0.4, -0.2) is 82.9 Å². The molecule has 3 saturated heterocycles. The molecule has 136 valence electrons. The summed E-state index contributed by atoms with van der Waals surface area (Å²) in [7, 11) is -5.07. The Bertz CT molecular complexity index is 627. The number of carbonyl (C=O) groups excluding carboxylic acids is 2. The fraction of sp³-hybridized carbons (Fsp3) is 0.833. The van der Waals surface area contributed by atoms with E-state index in [0.29, 0.717) is 16.5 Å². The first-order valence-electron chi connectivity index (χ1n) is 7.75. The summed E-state index contributed by atoms with van der Waals surface area (Å²) in [4.78, 5) is 25.8. The molecule has 0 aromatic rings. The molecule has 2 bridgehead atoms. The molecule has 0 aromatic carbocycles. The Morgan fingerprint density at radius 1 is 1.40 bits per heavy atom. The summed E-state index contributed by atoms with van der Waals surface area (Å²) in [6.07, 6.45) is 2.37. The quantitative estimate of drug-likeness (QED) is 0.159. The number of piperidine rings is 1. The summed E-state index contributed by atoms with van der Waals surface area (Å²) in [5.74, 6) is -0.623. The molecule has 0 unspecified atom stereocenters. The molecule has 3 amide bonds. The number of rotatable bonds is 5. The molecule has 0 aliphatic carbocycles. The van der Waals surface area contributed by atoms with Crippen LogP contribution in [0.25, 0.3) is 0 Å². The van der Waals surface area contributed by atoms with Crippen LogP contribution in [0.1, 0.15) is 25.7 Å². The van der Waals surface area contributed by atoms with Crippen molar-refractivity contribution in [2.75, 3.05) is 19.6 Å². The van der Waals surface area contributed by atoms with E-state index in [1.165, 1.54) is 0 Å². The number of fused-ring (bicyclic) bond motifs is 2. The summed E-state index contributed by atoms with van der Waals surface area (Å²) in [5.41, 5.74) is 0. The Morgan fingerprint density at radius 2 is 2.12 bits per heavy atom. The average molecular weight is 386 g/mol. The molecule has 3 aliphatic heterocycles. The van der Waals surface area contributed by atoms with E-state index in [2.05, 4.69) is 9.60 Å². The number of carbonyl (C=O) groups is 2. The Kier molecular flexibility index (Phi) is 6.71. The van der Waals surface area contributed by atoms with Crippen LogP contribution in [0.5, 0.6) is 0 Å². The molecular weight excluding hydrogens is 367 g/mol. The van der Waals surface area contributed by atoms with Crippen molar-refractivity contribution >= 4 is 22.3 Å². The molecule has 25 heavy (non-hydrogen) atoms. The summed E-state index contributed by atoms with van der Waals surface area (Å²) in [5, 5.41) is 14.3. The van der Waals surface area contributed by atoms with Gasteiger partial charge in [0.25, 0.3) is 5.91 Å². The molecule has 3 heterocycles. The average Bonchev–Trinajstić information content (AvgIpc) is 3.09. The van der Waals surface area contributed by atoms with Crippen LogP contribution < -0.4 is 34.9 Å². The van der Waals surface area contributed by atoms with Gasteiger partial charge >= 0.3 is 35.6 Å². The van der Waals surface area contributed by atoms with E-state index in [4.69, 9.17) is 0 Å². The second-order valence-corrected chi connectivity index (χ2v) is 7.17. The van der Waals surface area contributed by atoms with Gasteiger partial charge < -0.3 is 14.8 Å². The summed E-state index contributed by atoms with van der Waals surface area (Å²) in [6.45, 7) is 1.02. The van der Waals surface area contributed by atoms with Crippen molar-refractivity contribution in [3.8, 4) is 0 Å². The summed E-state index contributed by atoms with van der Waals surface area (Å²) < 4.78 is 36.4. The third kappa shape index (κ3) is 4.63. The standard InChI is InChI=1S/C12H20N4O7S.Na/c17-11(15(19)6-8-2-1-5-13-8)10-4-3-9-7-14(10)12(18)16(9)23-24(20,21)22;/h8-10,13,19H,1-7H2,(H,20,21,22);/q;+1/p-1/t8-,9+,10-;/m0./s1. The zero-order valence-corrected chi connectivity index (χ0v) is 16.6. The van der Waals surface area contributed by atoms with Gasteiger partial charge in [-0.3, -0.25) is 10.0 Å². The van der Waals surface area contributed by atoms with Crippen LogP contribution in [0.15, 0.2) is 0 Å². The number of hydroxylamine groups is 4. The number of hydrogen-bond donors (Lipinski definition) is 2. The van der Waals surface area contributed by atoms with Crippen LogP contribution in [-0.2, 0) is 19.5 Å². The fourth-order valence-corrected chi connectivity index (χ4v) is 3.85. The Balaban J connectivity index is 0.00000225. The molecule has 0 spiro atoms. The van der Waals surface area contributed by atoms with Crippen LogP contribution in [0.4, 0.5) is 4.79 Å². The second kappa shape index (κ2) is 8.05. The maximum Gasteiger partial charge on any atom is 1.00 e. The molecular formula is C12H19N4NaO7S. The minimum absolute atomic E-state index is 0. The Morgan fingerprint density at radius 3 is 2.72 bits per heavy atom. The van der Waals surface area contributed by atoms with Crippen molar-refractivity contribution in [2.24, 2.45) is 0 Å². The molecule has 3 atom stereocenters. The van der Waals surface area contributed by atoms with Gasteiger partial charge in [0.1, 0.15) is 6.04 Å². The smallest absolute Gasteiger partial charge is 0.724 e. The van der Waals surface area contributed by atoms with Gasteiger partial charge in [-0.25, -0.2) is 18.3 Å². The van der Waals surface area contributed by atoms with Gasteiger partial charge in [0, 0.05) is 12.6 Å². The van der Waals surface area contributed by atoms with Crippen molar-refractivity contribution in [1.29, 1.82) is 0 Å². The van der Waals surface area contributed by atoms with Gasteiger partial charge in [0.2, 0.25) is 10.4 Å². The monoisotopic (exact) mass is 386 g/mol. The largest absolute Gasteiger partial charge is 1.00 e. The first-order valence-corrected chi connectivity index (χ1v) is 9.08. The van der Waals surface area contributed by atoms with Gasteiger partial charge in [0.15, 0.2) is 0 Å². The number of urea groups is 1. The van der Waals surface area contributed by atoms with Gasteiger partial charge in [-0.1, -0.05) is 0 Å². The van der Waals surface area contributed by atoms with Crippen molar-refractivity contribution in [1.82, 2.24) is 20.3 Å². The van der Waals surface area contributed by atoms with Crippen LogP contribution in [0.3, 0.4) is 0 Å². The number of amides is 3. The molecule has 3 fully saturated rings. The maximum absolute atomic E-state index is 12.4. The van der Waals surface area contributed by atoms with Crippen LogP contribution in [0.2, 0.25) is 0 Å². The van der Waals surface area contributed by atoms with Gasteiger partial charge in [-0.15, -0.1) is 0 Å². The number of nitrogens with zero attached hydrogens (tertiary/aromatic N) is 3. The van der Waals surface area contributed by atoms with Crippen molar-refractivity contribution in [3.63, 3.8) is 0 Å². The molecule has 13 heteroatoms. The summed E-state index contributed by atoms with van der Waals surface area (Å²) >= 11 is 0. The fourth-order valence-electron chi connectivity index (χ4n) is 3.47. The van der Waals surface area contributed by atoms with Gasteiger partial charge in [0.05, 0.1) is 12.6 Å². The predicted octanol–water partition coefficient (Wildman–Crippen LogP) is -4.38. The zero-order valence-electron chi connectivity index (χ0n) is 13.8.